The maximum Gasteiger partial charge on any atom is 0.113 e. The summed E-state index contributed by atoms with van der Waals surface area (Å²) in [5.74, 6) is 1.09. The molecule has 4 nitrogen and oxygen atoms in total. The normalized spacial score (nSPS) is 16.1. The molecular formula is C16H19BrClN3O. The van der Waals surface area contributed by atoms with Crippen molar-refractivity contribution in [3.05, 3.63) is 51.5 Å². The molecule has 0 aliphatic carbocycles. The average Bonchev–Trinajstić information content (AvgIpc) is 2.97. The fraction of sp³-hybridized carbons (Fsp3) is 0.438. The van der Waals surface area contributed by atoms with Crippen LogP contribution in [0.25, 0.3) is 0 Å². The van der Waals surface area contributed by atoms with Gasteiger partial charge in [0.05, 0.1) is 18.2 Å². The lowest BCUT2D eigenvalue weighted by atomic mass is 10.1. The monoisotopic (exact) mass is 383 g/mol. The molecule has 6 heteroatoms. The lowest BCUT2D eigenvalue weighted by molar-refractivity contribution is 0.0363. The summed E-state index contributed by atoms with van der Waals surface area (Å²) in [6.45, 7) is 5.73. The number of benzene rings is 1. The van der Waals surface area contributed by atoms with Crippen LogP contribution in [0.1, 0.15) is 11.4 Å². The zero-order chi connectivity index (χ0) is 15.4. The Balaban J connectivity index is 1.62. The fourth-order valence-corrected chi connectivity index (χ4v) is 3.16. The van der Waals surface area contributed by atoms with Crippen LogP contribution in [0, 0.1) is 0 Å². The molecule has 2 heterocycles. The predicted octanol–water partition coefficient (Wildman–Crippen LogP) is 3.22. The van der Waals surface area contributed by atoms with Crippen molar-refractivity contribution in [3.63, 3.8) is 0 Å². The molecule has 0 N–H and O–H groups in total. The Labute approximate surface area is 144 Å². The lowest BCUT2D eigenvalue weighted by Crippen LogP contribution is -2.38. The van der Waals surface area contributed by atoms with Gasteiger partial charge >= 0.3 is 0 Å². The van der Waals surface area contributed by atoms with Crippen LogP contribution < -0.4 is 0 Å². The molecule has 0 amide bonds. The first kappa shape index (κ1) is 16.0. The van der Waals surface area contributed by atoms with E-state index in [0.29, 0.717) is 0 Å². The molecule has 1 saturated heterocycles. The number of morpholine rings is 1. The summed E-state index contributed by atoms with van der Waals surface area (Å²) in [6, 6.07) is 6.03. The number of aromatic nitrogens is 2. The maximum atomic E-state index is 6.05. The molecule has 1 fully saturated rings. The van der Waals surface area contributed by atoms with Gasteiger partial charge in [-0.2, -0.15) is 0 Å². The first-order chi connectivity index (χ1) is 10.7. The predicted molar refractivity (Wildman–Crippen MR) is 91.4 cm³/mol. The Morgan fingerprint density at radius 1 is 1.23 bits per heavy atom. The smallest absolute Gasteiger partial charge is 0.113 e. The number of imidazole rings is 1. The van der Waals surface area contributed by atoms with Crippen molar-refractivity contribution in [3.8, 4) is 0 Å². The van der Waals surface area contributed by atoms with Crippen molar-refractivity contribution in [1.29, 1.82) is 0 Å². The summed E-state index contributed by atoms with van der Waals surface area (Å²) in [5, 5.41) is 0.736. The van der Waals surface area contributed by atoms with Gasteiger partial charge in [0.25, 0.3) is 0 Å². The molecule has 0 saturated carbocycles. The average molecular weight is 385 g/mol. The van der Waals surface area contributed by atoms with E-state index in [1.807, 2.05) is 18.3 Å². The van der Waals surface area contributed by atoms with Gasteiger partial charge in [-0.05, 0) is 33.6 Å². The first-order valence-electron chi connectivity index (χ1n) is 7.46. The summed E-state index contributed by atoms with van der Waals surface area (Å²) < 4.78 is 8.55. The van der Waals surface area contributed by atoms with Gasteiger partial charge in [0.1, 0.15) is 5.82 Å². The van der Waals surface area contributed by atoms with Crippen LogP contribution in [0.5, 0.6) is 0 Å². The number of ether oxygens (including phenoxy) is 1. The van der Waals surface area contributed by atoms with Crippen molar-refractivity contribution in [2.75, 3.05) is 32.8 Å². The van der Waals surface area contributed by atoms with Crippen molar-refractivity contribution in [2.24, 2.45) is 0 Å². The lowest BCUT2D eigenvalue weighted by Gasteiger charge is -2.26. The van der Waals surface area contributed by atoms with E-state index in [0.717, 1.165) is 61.1 Å². The van der Waals surface area contributed by atoms with Gasteiger partial charge in [0.2, 0.25) is 0 Å². The summed E-state index contributed by atoms with van der Waals surface area (Å²) in [6.07, 6.45) is 4.74. The van der Waals surface area contributed by atoms with Gasteiger partial charge in [-0.25, -0.2) is 4.98 Å². The second-order valence-corrected chi connectivity index (χ2v) is 6.68. The summed E-state index contributed by atoms with van der Waals surface area (Å²) >= 11 is 9.52. The van der Waals surface area contributed by atoms with E-state index in [-0.39, 0.29) is 0 Å². The molecule has 1 aliphatic heterocycles. The molecule has 0 bridgehead atoms. The highest BCUT2D eigenvalue weighted by Crippen LogP contribution is 2.24. The van der Waals surface area contributed by atoms with Crippen molar-refractivity contribution in [1.82, 2.24) is 14.5 Å². The Morgan fingerprint density at radius 2 is 2.05 bits per heavy atom. The highest BCUT2D eigenvalue weighted by Gasteiger charge is 2.11. The number of halogens is 2. The van der Waals surface area contributed by atoms with Crippen LogP contribution in [0.15, 0.2) is 35.1 Å². The van der Waals surface area contributed by atoms with E-state index in [4.69, 9.17) is 16.3 Å². The second-order valence-electron chi connectivity index (χ2n) is 5.42. The van der Waals surface area contributed by atoms with Gasteiger partial charge in [0, 0.05) is 49.5 Å². The quantitative estimate of drug-likeness (QED) is 0.793. The largest absolute Gasteiger partial charge is 0.379 e. The van der Waals surface area contributed by atoms with E-state index in [2.05, 4.69) is 42.6 Å². The number of nitrogens with zero attached hydrogens (tertiary/aromatic N) is 3. The third-order valence-electron chi connectivity index (χ3n) is 3.91. The van der Waals surface area contributed by atoms with Crippen molar-refractivity contribution >= 4 is 27.5 Å². The molecule has 118 valence electrons. The van der Waals surface area contributed by atoms with Crippen LogP contribution in [-0.4, -0.2) is 47.3 Å². The first-order valence-corrected chi connectivity index (χ1v) is 8.63. The number of rotatable bonds is 5. The molecule has 22 heavy (non-hydrogen) atoms. The van der Waals surface area contributed by atoms with E-state index in [9.17, 15) is 0 Å². The van der Waals surface area contributed by atoms with Crippen molar-refractivity contribution < 1.29 is 4.74 Å². The summed E-state index contributed by atoms with van der Waals surface area (Å²) in [7, 11) is 0. The molecule has 1 aliphatic rings. The van der Waals surface area contributed by atoms with Gasteiger partial charge in [-0.15, -0.1) is 0 Å². The zero-order valence-electron chi connectivity index (χ0n) is 12.3. The molecular weight excluding hydrogens is 366 g/mol. The Bertz CT molecular complexity index is 626. The highest BCUT2D eigenvalue weighted by molar-refractivity contribution is 9.10. The third kappa shape index (κ3) is 4.10. The topological polar surface area (TPSA) is 30.3 Å². The van der Waals surface area contributed by atoms with Crippen LogP contribution in [-0.2, 0) is 17.7 Å². The Hall–Kier alpha value is -0.880. The Morgan fingerprint density at radius 3 is 2.82 bits per heavy atom. The molecule has 1 aromatic heterocycles. The molecule has 0 radical (unpaired) electrons. The van der Waals surface area contributed by atoms with E-state index in [1.54, 1.807) is 0 Å². The third-order valence-corrected chi connectivity index (χ3v) is 5.12. The maximum absolute atomic E-state index is 6.05. The molecule has 0 spiro atoms. The van der Waals surface area contributed by atoms with Gasteiger partial charge in [-0.3, -0.25) is 4.90 Å². The number of hydrogen-bond donors (Lipinski definition) is 0. The van der Waals surface area contributed by atoms with Crippen LogP contribution in [0.4, 0.5) is 0 Å². The van der Waals surface area contributed by atoms with Crippen LogP contribution >= 0.6 is 27.5 Å². The minimum atomic E-state index is 0.736. The number of hydrogen-bond acceptors (Lipinski definition) is 3. The van der Waals surface area contributed by atoms with Crippen molar-refractivity contribution in [2.45, 2.75) is 13.0 Å². The molecule has 1 aromatic carbocycles. The summed E-state index contributed by atoms with van der Waals surface area (Å²) in [4.78, 5) is 6.94. The van der Waals surface area contributed by atoms with Gasteiger partial charge < -0.3 is 9.30 Å². The minimum absolute atomic E-state index is 0.736. The molecule has 2 aromatic rings. The molecule has 3 rings (SSSR count). The van der Waals surface area contributed by atoms with Crippen LogP contribution in [0.2, 0.25) is 5.02 Å². The van der Waals surface area contributed by atoms with Gasteiger partial charge in [-0.1, -0.05) is 17.7 Å². The zero-order valence-corrected chi connectivity index (χ0v) is 14.7. The fourth-order valence-electron chi connectivity index (χ4n) is 2.62. The molecule has 0 unspecified atom stereocenters. The Kier molecular flexibility index (Phi) is 5.52. The van der Waals surface area contributed by atoms with E-state index >= 15 is 0 Å². The van der Waals surface area contributed by atoms with E-state index < -0.39 is 0 Å². The van der Waals surface area contributed by atoms with Gasteiger partial charge in [0.15, 0.2) is 0 Å². The SMILES string of the molecule is Clc1ccc(Cc2nccn2CCN2CCOCC2)cc1Br. The highest BCUT2D eigenvalue weighted by atomic mass is 79.9. The minimum Gasteiger partial charge on any atom is -0.379 e. The van der Waals surface area contributed by atoms with Crippen LogP contribution in [0.3, 0.4) is 0 Å². The summed E-state index contributed by atoms with van der Waals surface area (Å²) in [5.41, 5.74) is 1.20. The standard InChI is InChI=1S/C16H19BrClN3O/c17-14-11-13(1-2-15(14)18)12-16-19-3-4-21(16)6-5-20-7-9-22-10-8-20/h1-4,11H,5-10,12H2. The second kappa shape index (κ2) is 7.59. The molecule has 0 atom stereocenters. The van der Waals surface area contributed by atoms with E-state index in [1.165, 1.54) is 5.56 Å².